The van der Waals surface area contributed by atoms with Crippen molar-refractivity contribution in [1.29, 1.82) is 5.26 Å². The zero-order valence-corrected chi connectivity index (χ0v) is 15.1. The van der Waals surface area contributed by atoms with Crippen molar-refractivity contribution in [2.24, 2.45) is 0 Å². The molecule has 0 radical (unpaired) electrons. The lowest BCUT2D eigenvalue weighted by Gasteiger charge is -2.06. The Balaban J connectivity index is 2.07. The molecule has 1 aromatic carbocycles. The van der Waals surface area contributed by atoms with Gasteiger partial charge in [-0.05, 0) is 44.0 Å². The van der Waals surface area contributed by atoms with Crippen LogP contribution in [0.4, 0.5) is 0 Å². The van der Waals surface area contributed by atoms with Crippen LogP contribution in [0.15, 0.2) is 24.3 Å². The lowest BCUT2D eigenvalue weighted by molar-refractivity contribution is 0.317. The van der Waals surface area contributed by atoms with E-state index in [9.17, 15) is 5.26 Å². The molecule has 0 atom stereocenters. The molecule has 0 bridgehead atoms. The van der Waals surface area contributed by atoms with Gasteiger partial charge in [-0.25, -0.2) is 4.98 Å². The number of ether oxygens (including phenoxy) is 1. The van der Waals surface area contributed by atoms with Crippen LogP contribution in [0.1, 0.15) is 36.5 Å². The number of aryl methyl sites for hydroxylation is 2. The van der Waals surface area contributed by atoms with E-state index in [2.05, 4.69) is 31.2 Å². The van der Waals surface area contributed by atoms with Gasteiger partial charge in [0.2, 0.25) is 0 Å². The highest BCUT2D eigenvalue weighted by Crippen LogP contribution is 2.32. The number of fused-ring (bicyclic) bond motifs is 1. The molecule has 24 heavy (non-hydrogen) atoms. The topological polar surface area (TPSA) is 50.3 Å². The van der Waals surface area contributed by atoms with Crippen molar-refractivity contribution in [3.8, 4) is 23.1 Å². The zero-order chi connectivity index (χ0) is 17.1. The van der Waals surface area contributed by atoms with Gasteiger partial charge in [-0.1, -0.05) is 13.8 Å². The van der Waals surface area contributed by atoms with Gasteiger partial charge < -0.3 is 4.74 Å². The highest BCUT2D eigenvalue weighted by atomic mass is 32.1. The predicted octanol–water partition coefficient (Wildman–Crippen LogP) is 4.79. The smallest absolute Gasteiger partial charge is 0.194 e. The maximum absolute atomic E-state index is 9.27. The molecule has 124 valence electrons. The van der Waals surface area contributed by atoms with E-state index in [0.29, 0.717) is 6.42 Å². The van der Waals surface area contributed by atoms with Crippen LogP contribution in [-0.4, -0.2) is 16.0 Å². The summed E-state index contributed by atoms with van der Waals surface area (Å²) in [6.07, 6.45) is 2.28. The minimum atomic E-state index is 0.355. The van der Waals surface area contributed by atoms with Gasteiger partial charge in [0.1, 0.15) is 5.75 Å². The van der Waals surface area contributed by atoms with E-state index in [1.165, 1.54) is 10.6 Å². The summed E-state index contributed by atoms with van der Waals surface area (Å²) in [5, 5.41) is 9.27. The van der Waals surface area contributed by atoms with Crippen LogP contribution >= 0.6 is 11.3 Å². The molecule has 3 aromatic rings. The van der Waals surface area contributed by atoms with Crippen LogP contribution in [0.2, 0.25) is 0 Å². The summed E-state index contributed by atoms with van der Waals surface area (Å²) < 4.78 is 7.81. The lowest BCUT2D eigenvalue weighted by Crippen LogP contribution is -1.98. The summed E-state index contributed by atoms with van der Waals surface area (Å²) in [5.41, 5.74) is 4.16. The van der Waals surface area contributed by atoms with Crippen LogP contribution in [0.5, 0.6) is 5.75 Å². The van der Waals surface area contributed by atoms with Gasteiger partial charge in [0.15, 0.2) is 4.96 Å². The minimum absolute atomic E-state index is 0.355. The lowest BCUT2D eigenvalue weighted by atomic mass is 10.1. The first kappa shape index (κ1) is 16.5. The van der Waals surface area contributed by atoms with E-state index in [4.69, 9.17) is 9.72 Å². The Bertz CT molecular complexity index is 884. The van der Waals surface area contributed by atoms with E-state index in [1.807, 2.05) is 24.3 Å². The molecule has 0 aliphatic heterocycles. The Labute approximate surface area is 146 Å². The molecule has 2 heterocycles. The monoisotopic (exact) mass is 339 g/mol. The molecule has 5 heteroatoms. The van der Waals surface area contributed by atoms with Gasteiger partial charge >= 0.3 is 0 Å². The predicted molar refractivity (Wildman–Crippen MR) is 97.7 cm³/mol. The van der Waals surface area contributed by atoms with E-state index < -0.39 is 0 Å². The largest absolute Gasteiger partial charge is 0.494 e. The van der Waals surface area contributed by atoms with Crippen molar-refractivity contribution in [2.75, 3.05) is 6.61 Å². The zero-order valence-electron chi connectivity index (χ0n) is 14.3. The number of thiazole rings is 1. The number of nitrogens with zero attached hydrogens (tertiary/aromatic N) is 3. The van der Waals surface area contributed by atoms with Crippen LogP contribution in [0.25, 0.3) is 16.2 Å². The molecule has 4 nitrogen and oxygen atoms in total. The Hall–Kier alpha value is -2.32. The molecule has 0 aliphatic rings. The Morgan fingerprint density at radius 2 is 1.96 bits per heavy atom. The Morgan fingerprint density at radius 1 is 1.21 bits per heavy atom. The SMILES string of the molecule is CCCOc1ccc(-c2nc3sc(C)c(CC)n3c2CC#N)cc1. The molecule has 3 rings (SSSR count). The molecule has 0 amide bonds. The van der Waals surface area contributed by atoms with Gasteiger partial charge in [-0.15, -0.1) is 11.3 Å². The minimum Gasteiger partial charge on any atom is -0.494 e. The van der Waals surface area contributed by atoms with Crippen molar-refractivity contribution in [3.05, 3.63) is 40.5 Å². The number of hydrogen-bond donors (Lipinski definition) is 0. The number of imidazole rings is 1. The van der Waals surface area contributed by atoms with Crippen molar-refractivity contribution in [1.82, 2.24) is 9.38 Å². The molecule has 0 unspecified atom stereocenters. The van der Waals surface area contributed by atoms with Crippen LogP contribution in [0, 0.1) is 18.3 Å². The summed E-state index contributed by atoms with van der Waals surface area (Å²) in [4.78, 5) is 7.05. The second-order valence-corrected chi connectivity index (χ2v) is 6.87. The summed E-state index contributed by atoms with van der Waals surface area (Å²) in [5.74, 6) is 0.869. The fourth-order valence-corrected chi connectivity index (χ4v) is 4.01. The van der Waals surface area contributed by atoms with Crippen LogP contribution < -0.4 is 4.74 Å². The molecule has 0 spiro atoms. The van der Waals surface area contributed by atoms with Crippen molar-refractivity contribution >= 4 is 16.3 Å². The fourth-order valence-electron chi connectivity index (χ4n) is 2.94. The molecular formula is C19H21N3OS. The summed E-state index contributed by atoms with van der Waals surface area (Å²) in [6, 6.07) is 10.3. The van der Waals surface area contributed by atoms with Gasteiger partial charge in [0.05, 0.1) is 30.5 Å². The third-order valence-electron chi connectivity index (χ3n) is 4.04. The van der Waals surface area contributed by atoms with E-state index >= 15 is 0 Å². The molecule has 2 aromatic heterocycles. The highest BCUT2D eigenvalue weighted by Gasteiger charge is 2.19. The van der Waals surface area contributed by atoms with E-state index in [-0.39, 0.29) is 0 Å². The first-order chi connectivity index (χ1) is 11.7. The van der Waals surface area contributed by atoms with Crippen LogP contribution in [0.3, 0.4) is 0 Å². The van der Waals surface area contributed by atoms with Crippen molar-refractivity contribution in [3.63, 3.8) is 0 Å². The quantitative estimate of drug-likeness (QED) is 0.649. The molecule has 0 saturated heterocycles. The maximum atomic E-state index is 9.27. The average molecular weight is 339 g/mol. The Kier molecular flexibility index (Phi) is 4.86. The van der Waals surface area contributed by atoms with Gasteiger partial charge in [-0.3, -0.25) is 4.40 Å². The molecule has 0 aliphatic carbocycles. The van der Waals surface area contributed by atoms with Crippen molar-refractivity contribution < 1.29 is 4.74 Å². The summed E-state index contributed by atoms with van der Waals surface area (Å²) in [6.45, 7) is 7.07. The third-order valence-corrected chi connectivity index (χ3v) is 5.04. The number of nitriles is 1. The molecule has 0 fully saturated rings. The third kappa shape index (κ3) is 2.90. The van der Waals surface area contributed by atoms with E-state index in [0.717, 1.165) is 47.1 Å². The average Bonchev–Trinajstić information content (AvgIpc) is 3.09. The number of aromatic nitrogens is 2. The summed E-state index contributed by atoms with van der Waals surface area (Å²) >= 11 is 1.69. The fraction of sp³-hybridized carbons (Fsp3) is 0.368. The van der Waals surface area contributed by atoms with Crippen LogP contribution in [-0.2, 0) is 12.8 Å². The molecule has 0 N–H and O–H groups in total. The maximum Gasteiger partial charge on any atom is 0.194 e. The first-order valence-corrected chi connectivity index (χ1v) is 9.11. The normalized spacial score (nSPS) is 10.9. The highest BCUT2D eigenvalue weighted by molar-refractivity contribution is 7.17. The first-order valence-electron chi connectivity index (χ1n) is 8.29. The second kappa shape index (κ2) is 7.06. The standard InChI is InChI=1S/C19H21N3OS/c1-4-12-23-15-8-6-14(7-9-15)18-17(10-11-20)22-16(5-2)13(3)24-19(22)21-18/h6-9H,4-5,10,12H2,1-3H3. The van der Waals surface area contributed by atoms with Gasteiger partial charge in [0.25, 0.3) is 0 Å². The number of hydrogen-bond acceptors (Lipinski definition) is 4. The van der Waals surface area contributed by atoms with Gasteiger partial charge in [-0.2, -0.15) is 5.26 Å². The van der Waals surface area contributed by atoms with Gasteiger partial charge in [0, 0.05) is 16.1 Å². The number of rotatable bonds is 6. The second-order valence-electron chi connectivity index (χ2n) is 5.69. The molecular weight excluding hydrogens is 318 g/mol. The Morgan fingerprint density at radius 3 is 2.58 bits per heavy atom. The summed E-state index contributed by atoms with van der Waals surface area (Å²) in [7, 11) is 0. The van der Waals surface area contributed by atoms with E-state index in [1.54, 1.807) is 11.3 Å². The number of benzene rings is 1. The van der Waals surface area contributed by atoms with Crippen molar-refractivity contribution in [2.45, 2.75) is 40.0 Å². The molecule has 0 saturated carbocycles.